The molecule has 0 saturated heterocycles. The molecule has 2 aromatic rings. The normalized spacial score (nSPS) is 10.4. The summed E-state index contributed by atoms with van der Waals surface area (Å²) in [5.74, 6) is -1.53. The van der Waals surface area contributed by atoms with Crippen molar-refractivity contribution in [2.75, 3.05) is 7.11 Å². The maximum absolute atomic E-state index is 10.9. The number of carbonyl (C=O) groups is 2. The quantitative estimate of drug-likeness (QED) is 0.633. The van der Waals surface area contributed by atoms with Gasteiger partial charge in [-0.15, -0.1) is 0 Å². The number of hydrogen-bond acceptors (Lipinski definition) is 5. The van der Waals surface area contributed by atoms with Crippen LogP contribution >= 0.6 is 0 Å². The maximum Gasteiger partial charge on any atom is 0.337 e. The number of esters is 1. The van der Waals surface area contributed by atoms with Gasteiger partial charge >= 0.3 is 11.9 Å². The van der Waals surface area contributed by atoms with E-state index in [9.17, 15) is 18.0 Å². The van der Waals surface area contributed by atoms with Gasteiger partial charge in [-0.05, 0) is 43.7 Å². The third kappa shape index (κ3) is 6.02. The molecule has 0 aromatic heterocycles. The van der Waals surface area contributed by atoms with E-state index in [0.717, 1.165) is 11.6 Å². The van der Waals surface area contributed by atoms with E-state index in [1.807, 2.05) is 19.1 Å². The van der Waals surface area contributed by atoms with E-state index in [0.29, 0.717) is 11.1 Å². The molecule has 2 aromatic carbocycles. The molecule has 0 amide bonds. The molecule has 0 fully saturated rings. The summed E-state index contributed by atoms with van der Waals surface area (Å²) in [4.78, 5) is 21.0. The zero-order chi connectivity index (χ0) is 19.2. The Morgan fingerprint density at radius 1 is 0.960 bits per heavy atom. The number of carboxylic acids is 1. The van der Waals surface area contributed by atoms with Gasteiger partial charge in [-0.2, -0.15) is 8.42 Å². The molecular formula is C17H18O7S. The lowest BCUT2D eigenvalue weighted by molar-refractivity contribution is 0.0599. The molecule has 2 N–H and O–H groups in total. The highest BCUT2D eigenvalue weighted by Crippen LogP contribution is 2.16. The summed E-state index contributed by atoms with van der Waals surface area (Å²) in [5, 5.41) is 8.59. The Morgan fingerprint density at radius 2 is 1.48 bits per heavy atom. The molecule has 0 spiro atoms. The number of ether oxygens (including phenoxy) is 1. The molecule has 0 atom stereocenters. The molecule has 25 heavy (non-hydrogen) atoms. The molecule has 0 bridgehead atoms. The van der Waals surface area contributed by atoms with Gasteiger partial charge in [0.05, 0.1) is 23.1 Å². The first kappa shape index (κ1) is 20.3. The SMILES string of the molecule is COC(=O)c1ccc(C)cc1.Cc1ccc(C(=O)O)cc1S(=O)(=O)O. The summed E-state index contributed by atoms with van der Waals surface area (Å²) in [5.41, 5.74) is 1.86. The molecule has 0 aliphatic carbocycles. The van der Waals surface area contributed by atoms with Crippen LogP contribution in [0.15, 0.2) is 47.4 Å². The highest BCUT2D eigenvalue weighted by molar-refractivity contribution is 7.85. The minimum atomic E-state index is -4.35. The van der Waals surface area contributed by atoms with Crippen LogP contribution in [0.4, 0.5) is 0 Å². The molecule has 0 saturated carbocycles. The smallest absolute Gasteiger partial charge is 0.337 e. The number of rotatable bonds is 3. The second-order valence-electron chi connectivity index (χ2n) is 5.12. The van der Waals surface area contributed by atoms with Gasteiger partial charge in [-0.3, -0.25) is 4.55 Å². The summed E-state index contributed by atoms with van der Waals surface area (Å²) < 4.78 is 34.9. The van der Waals surface area contributed by atoms with Gasteiger partial charge in [0, 0.05) is 0 Å². The highest BCUT2D eigenvalue weighted by atomic mass is 32.2. The topological polar surface area (TPSA) is 118 Å². The minimum Gasteiger partial charge on any atom is -0.478 e. The van der Waals surface area contributed by atoms with Crippen LogP contribution in [0.3, 0.4) is 0 Å². The molecular weight excluding hydrogens is 348 g/mol. The van der Waals surface area contributed by atoms with Crippen LogP contribution in [0.1, 0.15) is 31.8 Å². The van der Waals surface area contributed by atoms with Crippen molar-refractivity contribution in [1.82, 2.24) is 0 Å². The molecule has 7 nitrogen and oxygen atoms in total. The van der Waals surface area contributed by atoms with E-state index in [1.54, 1.807) is 12.1 Å². The number of carbonyl (C=O) groups excluding carboxylic acids is 1. The van der Waals surface area contributed by atoms with Gasteiger partial charge in [-0.25, -0.2) is 9.59 Å². The van der Waals surface area contributed by atoms with E-state index in [4.69, 9.17) is 9.66 Å². The standard InChI is InChI=1S/C9H10O2.C8H8O5S/c1-7-3-5-8(6-4-7)9(10)11-2;1-5-2-3-6(8(9)10)4-7(5)14(11,12)13/h3-6H,1-2H3;2-4H,1H3,(H,9,10)(H,11,12,13). The number of benzene rings is 2. The average molecular weight is 366 g/mol. The maximum atomic E-state index is 10.9. The molecule has 134 valence electrons. The second-order valence-corrected chi connectivity index (χ2v) is 6.51. The molecule has 8 heteroatoms. The summed E-state index contributed by atoms with van der Waals surface area (Å²) in [7, 11) is -2.98. The van der Waals surface area contributed by atoms with Crippen LogP contribution in [-0.4, -0.2) is 37.1 Å². The van der Waals surface area contributed by atoms with Gasteiger partial charge in [0.1, 0.15) is 0 Å². The number of carboxylic acid groups (broad SMARTS) is 1. The number of aryl methyl sites for hydroxylation is 2. The van der Waals surface area contributed by atoms with E-state index in [2.05, 4.69) is 4.74 Å². The summed E-state index contributed by atoms with van der Waals surface area (Å²) in [6.07, 6.45) is 0. The van der Waals surface area contributed by atoms with E-state index < -0.39 is 16.1 Å². The lowest BCUT2D eigenvalue weighted by Gasteiger charge is -2.02. The number of methoxy groups -OCH3 is 1. The zero-order valence-electron chi connectivity index (χ0n) is 13.9. The van der Waals surface area contributed by atoms with Crippen molar-refractivity contribution in [3.8, 4) is 0 Å². The third-order valence-electron chi connectivity index (χ3n) is 3.19. The monoisotopic (exact) mass is 366 g/mol. The van der Waals surface area contributed by atoms with Gasteiger partial charge in [-0.1, -0.05) is 23.8 Å². The van der Waals surface area contributed by atoms with Crippen LogP contribution in [0, 0.1) is 13.8 Å². The molecule has 0 unspecified atom stereocenters. The summed E-state index contributed by atoms with van der Waals surface area (Å²) >= 11 is 0. The Kier molecular flexibility index (Phi) is 6.84. The van der Waals surface area contributed by atoms with Crippen LogP contribution in [0.2, 0.25) is 0 Å². The lowest BCUT2D eigenvalue weighted by atomic mass is 10.1. The van der Waals surface area contributed by atoms with Crippen molar-refractivity contribution >= 4 is 22.1 Å². The van der Waals surface area contributed by atoms with Crippen molar-refractivity contribution in [2.45, 2.75) is 18.7 Å². The fraction of sp³-hybridized carbons (Fsp3) is 0.176. The Hall–Kier alpha value is -2.71. The Balaban J connectivity index is 0.000000257. The van der Waals surface area contributed by atoms with Crippen molar-refractivity contribution in [2.24, 2.45) is 0 Å². The first-order valence-electron chi connectivity index (χ1n) is 7.02. The van der Waals surface area contributed by atoms with Crippen molar-refractivity contribution < 1.29 is 32.4 Å². The van der Waals surface area contributed by atoms with Crippen molar-refractivity contribution in [3.63, 3.8) is 0 Å². The fourth-order valence-corrected chi connectivity index (χ4v) is 2.57. The molecule has 0 aliphatic rings. The highest BCUT2D eigenvalue weighted by Gasteiger charge is 2.15. The van der Waals surface area contributed by atoms with Gasteiger partial charge in [0.15, 0.2) is 0 Å². The third-order valence-corrected chi connectivity index (χ3v) is 4.18. The predicted octanol–water partition coefficient (Wildman–Crippen LogP) is 2.72. The van der Waals surface area contributed by atoms with Crippen LogP contribution in [0.25, 0.3) is 0 Å². The Morgan fingerprint density at radius 3 is 1.92 bits per heavy atom. The number of hydrogen-bond donors (Lipinski definition) is 2. The molecule has 0 heterocycles. The average Bonchev–Trinajstić information content (AvgIpc) is 2.54. The van der Waals surface area contributed by atoms with Crippen LogP contribution in [0.5, 0.6) is 0 Å². The Labute approximate surface area is 145 Å². The molecule has 0 radical (unpaired) electrons. The van der Waals surface area contributed by atoms with Gasteiger partial charge in [0.25, 0.3) is 10.1 Å². The largest absolute Gasteiger partial charge is 0.478 e. The fourth-order valence-electron chi connectivity index (χ4n) is 1.82. The van der Waals surface area contributed by atoms with Crippen LogP contribution in [-0.2, 0) is 14.9 Å². The molecule has 2 rings (SSSR count). The first-order chi connectivity index (χ1) is 11.6. The first-order valence-corrected chi connectivity index (χ1v) is 8.46. The van der Waals surface area contributed by atoms with Crippen LogP contribution < -0.4 is 0 Å². The second kappa shape index (κ2) is 8.41. The zero-order valence-corrected chi connectivity index (χ0v) is 14.7. The van der Waals surface area contributed by atoms with Crippen molar-refractivity contribution in [3.05, 3.63) is 64.7 Å². The predicted molar refractivity (Wildman–Crippen MR) is 90.5 cm³/mol. The summed E-state index contributed by atoms with van der Waals surface area (Å²) in [6.45, 7) is 3.44. The van der Waals surface area contributed by atoms with Gasteiger partial charge < -0.3 is 9.84 Å². The van der Waals surface area contributed by atoms with E-state index >= 15 is 0 Å². The number of aromatic carboxylic acids is 1. The van der Waals surface area contributed by atoms with Gasteiger partial charge in [0.2, 0.25) is 0 Å². The summed E-state index contributed by atoms with van der Waals surface area (Å²) in [6, 6.07) is 10.8. The Bertz CT molecular complexity index is 868. The minimum absolute atomic E-state index is 0.178. The van der Waals surface area contributed by atoms with E-state index in [1.165, 1.54) is 26.2 Å². The molecule has 0 aliphatic heterocycles. The van der Waals surface area contributed by atoms with E-state index in [-0.39, 0.29) is 16.4 Å². The van der Waals surface area contributed by atoms with Crippen molar-refractivity contribution in [1.29, 1.82) is 0 Å². The lowest BCUT2D eigenvalue weighted by Crippen LogP contribution is -2.04.